The number of amides is 2. The molecule has 114 valence electrons. The second-order valence-corrected chi connectivity index (χ2v) is 6.35. The van der Waals surface area contributed by atoms with Crippen molar-refractivity contribution in [3.8, 4) is 0 Å². The number of nitrogens with zero attached hydrogens (tertiary/aromatic N) is 1. The van der Waals surface area contributed by atoms with E-state index in [0.29, 0.717) is 19.6 Å². The highest BCUT2D eigenvalue weighted by atomic mass is 16.4. The van der Waals surface area contributed by atoms with Crippen LogP contribution in [0.2, 0.25) is 0 Å². The molecule has 1 rings (SSSR count). The molecule has 1 aliphatic rings. The Labute approximate surface area is 119 Å². The predicted molar refractivity (Wildman–Crippen MR) is 74.0 cm³/mol. The van der Waals surface area contributed by atoms with Gasteiger partial charge in [0.05, 0.1) is 0 Å². The van der Waals surface area contributed by atoms with Crippen LogP contribution >= 0.6 is 0 Å². The molecule has 6 heteroatoms. The summed E-state index contributed by atoms with van der Waals surface area (Å²) in [5, 5.41) is 11.5. The fraction of sp³-hybridized carbons (Fsp3) is 0.786. The predicted octanol–water partition coefficient (Wildman–Crippen LogP) is 0.862. The summed E-state index contributed by atoms with van der Waals surface area (Å²) in [4.78, 5) is 35.9. The number of nitrogens with one attached hydrogen (secondary N) is 1. The van der Waals surface area contributed by atoms with E-state index in [2.05, 4.69) is 5.32 Å². The Balaban J connectivity index is 2.27. The zero-order valence-electron chi connectivity index (χ0n) is 12.4. The van der Waals surface area contributed by atoms with Gasteiger partial charge in [-0.1, -0.05) is 20.8 Å². The minimum absolute atomic E-state index is 0.0212. The van der Waals surface area contributed by atoms with E-state index in [1.165, 1.54) is 0 Å². The summed E-state index contributed by atoms with van der Waals surface area (Å²) in [6, 6.07) is 0. The lowest BCUT2D eigenvalue weighted by atomic mass is 9.96. The molecule has 0 saturated carbocycles. The summed E-state index contributed by atoms with van der Waals surface area (Å²) in [6.07, 6.45) is 1.12. The molecule has 0 aromatic carbocycles. The zero-order valence-corrected chi connectivity index (χ0v) is 12.4. The van der Waals surface area contributed by atoms with Gasteiger partial charge in [0.2, 0.25) is 11.8 Å². The summed E-state index contributed by atoms with van der Waals surface area (Å²) in [5.74, 6) is -0.857. The van der Waals surface area contributed by atoms with Gasteiger partial charge < -0.3 is 15.3 Å². The maximum absolute atomic E-state index is 11.9. The molecule has 0 bridgehead atoms. The normalized spacial score (nSPS) is 18.9. The molecule has 0 aromatic rings. The van der Waals surface area contributed by atoms with Gasteiger partial charge in [0.15, 0.2) is 0 Å². The van der Waals surface area contributed by atoms with Crippen molar-refractivity contribution in [2.24, 2.45) is 11.3 Å². The van der Waals surface area contributed by atoms with Crippen LogP contribution in [0.5, 0.6) is 0 Å². The molecule has 1 fully saturated rings. The average Bonchev–Trinajstić information content (AvgIpc) is 2.75. The largest absolute Gasteiger partial charge is 0.481 e. The van der Waals surface area contributed by atoms with Crippen LogP contribution in [0, 0.1) is 11.3 Å². The van der Waals surface area contributed by atoms with Gasteiger partial charge in [-0.25, -0.2) is 0 Å². The molecule has 0 aromatic heterocycles. The lowest BCUT2D eigenvalue weighted by molar-refractivity contribution is -0.138. The second kappa shape index (κ2) is 6.72. The van der Waals surface area contributed by atoms with E-state index in [1.807, 2.05) is 20.8 Å². The molecular weight excluding hydrogens is 260 g/mol. The van der Waals surface area contributed by atoms with E-state index < -0.39 is 11.4 Å². The van der Waals surface area contributed by atoms with Crippen molar-refractivity contribution in [3.05, 3.63) is 0 Å². The number of likely N-dealkylation sites (tertiary alicyclic amines) is 1. The van der Waals surface area contributed by atoms with Crippen LogP contribution in [0.1, 0.15) is 40.0 Å². The molecule has 2 amide bonds. The minimum Gasteiger partial charge on any atom is -0.481 e. The van der Waals surface area contributed by atoms with E-state index in [4.69, 9.17) is 5.11 Å². The molecule has 20 heavy (non-hydrogen) atoms. The van der Waals surface area contributed by atoms with Gasteiger partial charge in [-0.15, -0.1) is 0 Å². The third-order valence-electron chi connectivity index (χ3n) is 3.41. The van der Waals surface area contributed by atoms with Crippen molar-refractivity contribution >= 4 is 17.8 Å². The van der Waals surface area contributed by atoms with Gasteiger partial charge in [0.25, 0.3) is 0 Å². The monoisotopic (exact) mass is 284 g/mol. The summed E-state index contributed by atoms with van der Waals surface area (Å²) >= 11 is 0. The third kappa shape index (κ3) is 5.19. The highest BCUT2D eigenvalue weighted by Crippen LogP contribution is 2.20. The second-order valence-electron chi connectivity index (χ2n) is 6.35. The summed E-state index contributed by atoms with van der Waals surface area (Å²) in [6.45, 7) is 6.92. The number of rotatable bonds is 5. The van der Waals surface area contributed by atoms with Crippen molar-refractivity contribution in [2.45, 2.75) is 40.0 Å². The molecule has 1 aliphatic heterocycles. The first kappa shape index (κ1) is 16.5. The van der Waals surface area contributed by atoms with E-state index in [1.54, 1.807) is 4.90 Å². The Kier molecular flexibility index (Phi) is 5.53. The molecule has 2 N–H and O–H groups in total. The lowest BCUT2D eigenvalue weighted by Crippen LogP contribution is -2.38. The van der Waals surface area contributed by atoms with Gasteiger partial charge in [0.1, 0.15) is 0 Å². The molecule has 6 nitrogen and oxygen atoms in total. The van der Waals surface area contributed by atoms with Crippen LogP contribution in [0.4, 0.5) is 0 Å². The first-order valence-corrected chi connectivity index (χ1v) is 6.98. The topological polar surface area (TPSA) is 86.7 Å². The molecule has 1 atom stereocenters. The summed E-state index contributed by atoms with van der Waals surface area (Å²) in [5.41, 5.74) is -0.455. The number of carbonyl (C=O) groups is 3. The Morgan fingerprint density at radius 2 is 1.95 bits per heavy atom. The Morgan fingerprint density at radius 3 is 2.50 bits per heavy atom. The van der Waals surface area contributed by atoms with E-state index in [9.17, 15) is 14.4 Å². The average molecular weight is 284 g/mol. The number of hydrogen-bond acceptors (Lipinski definition) is 3. The van der Waals surface area contributed by atoms with Crippen molar-refractivity contribution in [1.29, 1.82) is 0 Å². The summed E-state index contributed by atoms with van der Waals surface area (Å²) in [7, 11) is 0. The first-order chi connectivity index (χ1) is 9.20. The van der Waals surface area contributed by atoms with Gasteiger partial charge in [-0.05, 0) is 12.3 Å². The van der Waals surface area contributed by atoms with Crippen LogP contribution in [0.15, 0.2) is 0 Å². The van der Waals surface area contributed by atoms with Crippen molar-refractivity contribution in [2.75, 3.05) is 19.6 Å². The molecule has 1 heterocycles. The van der Waals surface area contributed by atoms with Gasteiger partial charge in [-0.3, -0.25) is 14.4 Å². The van der Waals surface area contributed by atoms with Crippen molar-refractivity contribution in [1.82, 2.24) is 10.2 Å². The fourth-order valence-corrected chi connectivity index (χ4v) is 2.18. The third-order valence-corrected chi connectivity index (χ3v) is 3.41. The lowest BCUT2D eigenvalue weighted by Gasteiger charge is -2.19. The molecule has 1 saturated heterocycles. The maximum atomic E-state index is 11.9. The first-order valence-electron chi connectivity index (χ1n) is 6.98. The minimum atomic E-state index is -0.818. The molecular formula is C14H24N2O4. The van der Waals surface area contributed by atoms with E-state index in [0.717, 1.165) is 6.42 Å². The Hall–Kier alpha value is -1.59. The van der Waals surface area contributed by atoms with Gasteiger partial charge in [-0.2, -0.15) is 0 Å². The molecule has 0 spiro atoms. The Bertz CT molecular complexity index is 387. The number of carboxylic acids is 1. The number of aliphatic carboxylic acids is 1. The van der Waals surface area contributed by atoms with Crippen LogP contribution in [-0.2, 0) is 14.4 Å². The number of carboxylic acid groups (broad SMARTS) is 1. The highest BCUT2D eigenvalue weighted by molar-refractivity contribution is 5.82. The van der Waals surface area contributed by atoms with Crippen LogP contribution in [0.25, 0.3) is 0 Å². The summed E-state index contributed by atoms with van der Waals surface area (Å²) < 4.78 is 0. The highest BCUT2D eigenvalue weighted by Gasteiger charge is 2.27. The van der Waals surface area contributed by atoms with Gasteiger partial charge >= 0.3 is 5.97 Å². The van der Waals surface area contributed by atoms with Crippen molar-refractivity contribution in [3.63, 3.8) is 0 Å². The van der Waals surface area contributed by atoms with Crippen LogP contribution < -0.4 is 5.32 Å². The zero-order chi connectivity index (χ0) is 15.3. The van der Waals surface area contributed by atoms with Crippen LogP contribution in [-0.4, -0.2) is 47.4 Å². The van der Waals surface area contributed by atoms with E-state index in [-0.39, 0.29) is 30.6 Å². The molecule has 0 aliphatic carbocycles. The fourth-order valence-electron chi connectivity index (χ4n) is 2.18. The van der Waals surface area contributed by atoms with Gasteiger partial charge in [0, 0.05) is 37.9 Å². The maximum Gasteiger partial charge on any atom is 0.303 e. The quantitative estimate of drug-likeness (QED) is 0.784. The molecule has 0 radical (unpaired) electrons. The van der Waals surface area contributed by atoms with E-state index >= 15 is 0 Å². The number of carbonyl (C=O) groups excluding carboxylic acids is 2. The smallest absolute Gasteiger partial charge is 0.303 e. The van der Waals surface area contributed by atoms with Crippen LogP contribution in [0.3, 0.4) is 0 Å². The SMILES string of the molecule is CC(C)(C)C(=O)NCCC(=O)N1CCC(CC(=O)O)C1. The standard InChI is InChI=1S/C14H24N2O4/c1-14(2,3)13(20)15-6-4-11(17)16-7-5-10(9-16)8-12(18)19/h10H,4-9H2,1-3H3,(H,15,20)(H,18,19). The molecule has 1 unspecified atom stereocenters. The van der Waals surface area contributed by atoms with Crippen molar-refractivity contribution < 1.29 is 19.5 Å². The number of hydrogen-bond donors (Lipinski definition) is 2. The Morgan fingerprint density at radius 1 is 1.30 bits per heavy atom.